The Balaban J connectivity index is 2.35. The Morgan fingerprint density at radius 3 is 2.70 bits per heavy atom. The molecule has 0 aromatic heterocycles. The van der Waals surface area contributed by atoms with E-state index >= 15 is 0 Å². The van der Waals surface area contributed by atoms with Gasteiger partial charge in [-0.25, -0.2) is 8.42 Å². The van der Waals surface area contributed by atoms with Crippen LogP contribution >= 0.6 is 11.6 Å². The standard InChI is InChI=1S/C12H13ClN2O4S/c13-10-5-9(6-14)1-2-11(10)20(18,19)15-4-3-12(17,7-15)8-16/h1-2,5,16-17H,3-4,7-8H2. The van der Waals surface area contributed by atoms with Crippen molar-refractivity contribution < 1.29 is 18.6 Å². The molecule has 2 N–H and O–H groups in total. The van der Waals surface area contributed by atoms with Crippen LogP contribution in [0.4, 0.5) is 0 Å². The molecule has 1 aromatic carbocycles. The van der Waals surface area contributed by atoms with E-state index in [1.807, 2.05) is 6.07 Å². The maximum absolute atomic E-state index is 12.4. The van der Waals surface area contributed by atoms with Gasteiger partial charge in [-0.2, -0.15) is 9.57 Å². The highest BCUT2D eigenvalue weighted by molar-refractivity contribution is 7.89. The van der Waals surface area contributed by atoms with Crippen LogP contribution in [0, 0.1) is 11.3 Å². The molecule has 0 spiro atoms. The van der Waals surface area contributed by atoms with Crippen molar-refractivity contribution in [3.05, 3.63) is 28.8 Å². The molecule has 0 saturated carbocycles. The van der Waals surface area contributed by atoms with Crippen LogP contribution in [0.15, 0.2) is 23.1 Å². The minimum Gasteiger partial charge on any atom is -0.393 e. The fraction of sp³-hybridized carbons (Fsp3) is 0.417. The van der Waals surface area contributed by atoms with Crippen molar-refractivity contribution in [1.29, 1.82) is 5.26 Å². The van der Waals surface area contributed by atoms with Gasteiger partial charge in [-0.05, 0) is 24.6 Å². The lowest BCUT2D eigenvalue weighted by Gasteiger charge is -2.21. The highest BCUT2D eigenvalue weighted by atomic mass is 35.5. The molecule has 1 atom stereocenters. The summed E-state index contributed by atoms with van der Waals surface area (Å²) in [4.78, 5) is -0.111. The summed E-state index contributed by atoms with van der Waals surface area (Å²) >= 11 is 5.91. The predicted molar refractivity (Wildman–Crippen MR) is 71.6 cm³/mol. The van der Waals surface area contributed by atoms with Gasteiger partial charge in [-0.1, -0.05) is 11.6 Å². The van der Waals surface area contributed by atoms with E-state index < -0.39 is 22.2 Å². The van der Waals surface area contributed by atoms with Gasteiger partial charge < -0.3 is 10.2 Å². The van der Waals surface area contributed by atoms with E-state index in [9.17, 15) is 13.5 Å². The molecule has 6 nitrogen and oxygen atoms in total. The second kappa shape index (κ2) is 5.31. The molecule has 1 aliphatic rings. The Bertz CT molecular complexity index is 671. The smallest absolute Gasteiger partial charge is 0.244 e. The van der Waals surface area contributed by atoms with Crippen molar-refractivity contribution in [1.82, 2.24) is 4.31 Å². The van der Waals surface area contributed by atoms with Crippen molar-refractivity contribution in [2.45, 2.75) is 16.9 Å². The molecule has 20 heavy (non-hydrogen) atoms. The highest BCUT2D eigenvalue weighted by Crippen LogP contribution is 2.30. The lowest BCUT2D eigenvalue weighted by Crippen LogP contribution is -2.38. The summed E-state index contributed by atoms with van der Waals surface area (Å²) in [6.45, 7) is -0.571. The summed E-state index contributed by atoms with van der Waals surface area (Å²) in [6, 6.07) is 5.79. The summed E-state index contributed by atoms with van der Waals surface area (Å²) in [6.07, 6.45) is 0.163. The fourth-order valence-electron chi connectivity index (χ4n) is 2.07. The largest absolute Gasteiger partial charge is 0.393 e. The van der Waals surface area contributed by atoms with E-state index in [0.717, 1.165) is 4.31 Å². The number of nitriles is 1. The average Bonchev–Trinajstić information content (AvgIpc) is 2.82. The summed E-state index contributed by atoms with van der Waals surface area (Å²) < 4.78 is 25.9. The molecule has 0 bridgehead atoms. The number of hydrogen-bond acceptors (Lipinski definition) is 5. The van der Waals surface area contributed by atoms with Crippen LogP contribution in [-0.4, -0.2) is 48.2 Å². The third-order valence-electron chi connectivity index (χ3n) is 3.27. The summed E-state index contributed by atoms with van der Waals surface area (Å²) in [5.74, 6) is 0. The van der Waals surface area contributed by atoms with Crippen LogP contribution < -0.4 is 0 Å². The van der Waals surface area contributed by atoms with E-state index in [2.05, 4.69) is 0 Å². The van der Waals surface area contributed by atoms with E-state index in [-0.39, 0.29) is 35.0 Å². The maximum Gasteiger partial charge on any atom is 0.244 e. The van der Waals surface area contributed by atoms with Crippen LogP contribution in [0.3, 0.4) is 0 Å². The zero-order chi connectivity index (χ0) is 15.0. The van der Waals surface area contributed by atoms with E-state index in [1.54, 1.807) is 0 Å². The Labute approximate surface area is 121 Å². The van der Waals surface area contributed by atoms with E-state index in [4.69, 9.17) is 22.0 Å². The maximum atomic E-state index is 12.4. The van der Waals surface area contributed by atoms with Crippen LogP contribution in [0.5, 0.6) is 0 Å². The SMILES string of the molecule is N#Cc1ccc(S(=O)(=O)N2CCC(O)(CO)C2)c(Cl)c1. The number of aliphatic hydroxyl groups excluding tert-OH is 1. The highest BCUT2D eigenvalue weighted by Gasteiger charge is 2.41. The third kappa shape index (κ3) is 2.66. The van der Waals surface area contributed by atoms with Gasteiger partial charge >= 0.3 is 0 Å². The van der Waals surface area contributed by atoms with Gasteiger partial charge in [0.1, 0.15) is 10.5 Å². The molecule has 1 saturated heterocycles. The molecule has 1 fully saturated rings. The number of nitrogens with zero attached hydrogens (tertiary/aromatic N) is 2. The first-order chi connectivity index (χ1) is 9.32. The number of β-amino-alcohol motifs (C(OH)–C–C–N with tert-alkyl or cyclic N) is 1. The summed E-state index contributed by atoms with van der Waals surface area (Å²) in [5, 5.41) is 27.7. The van der Waals surface area contributed by atoms with Crippen molar-refractivity contribution in [3.63, 3.8) is 0 Å². The van der Waals surface area contributed by atoms with Crippen LogP contribution in [0.2, 0.25) is 5.02 Å². The molecule has 0 aliphatic carbocycles. The first kappa shape index (κ1) is 15.2. The molecular weight excluding hydrogens is 304 g/mol. The van der Waals surface area contributed by atoms with Crippen LogP contribution in [-0.2, 0) is 10.0 Å². The molecule has 1 unspecified atom stereocenters. The van der Waals surface area contributed by atoms with Gasteiger partial charge in [0, 0.05) is 13.1 Å². The Hall–Kier alpha value is -1.17. The molecule has 1 heterocycles. The average molecular weight is 317 g/mol. The predicted octanol–water partition coefficient (Wildman–Crippen LogP) is 0.329. The van der Waals surface area contributed by atoms with Crippen LogP contribution in [0.1, 0.15) is 12.0 Å². The Morgan fingerprint density at radius 1 is 1.50 bits per heavy atom. The van der Waals surface area contributed by atoms with E-state index in [0.29, 0.717) is 0 Å². The second-order valence-electron chi connectivity index (χ2n) is 4.73. The van der Waals surface area contributed by atoms with Gasteiger partial charge in [-0.3, -0.25) is 0 Å². The lowest BCUT2D eigenvalue weighted by atomic mass is 10.1. The molecule has 1 aliphatic heterocycles. The molecule has 1 aromatic rings. The minimum atomic E-state index is -3.85. The first-order valence-electron chi connectivity index (χ1n) is 5.85. The quantitative estimate of drug-likeness (QED) is 0.836. The minimum absolute atomic E-state index is 0.0384. The topological polar surface area (TPSA) is 102 Å². The fourth-order valence-corrected chi connectivity index (χ4v) is 4.11. The van der Waals surface area contributed by atoms with Gasteiger partial charge in [0.15, 0.2) is 0 Å². The van der Waals surface area contributed by atoms with Crippen molar-refractivity contribution >= 4 is 21.6 Å². The Kier molecular flexibility index (Phi) is 4.04. The van der Waals surface area contributed by atoms with E-state index in [1.165, 1.54) is 18.2 Å². The second-order valence-corrected chi connectivity index (χ2v) is 7.04. The number of rotatable bonds is 3. The number of aliphatic hydroxyl groups is 2. The molecule has 0 radical (unpaired) electrons. The monoisotopic (exact) mass is 316 g/mol. The molecular formula is C12H13ClN2O4S. The van der Waals surface area contributed by atoms with Crippen molar-refractivity contribution in [2.75, 3.05) is 19.7 Å². The zero-order valence-electron chi connectivity index (χ0n) is 10.5. The van der Waals surface area contributed by atoms with Crippen molar-refractivity contribution in [2.24, 2.45) is 0 Å². The molecule has 2 rings (SSSR count). The third-order valence-corrected chi connectivity index (χ3v) is 5.60. The van der Waals surface area contributed by atoms with Gasteiger partial charge in [0.2, 0.25) is 10.0 Å². The first-order valence-corrected chi connectivity index (χ1v) is 7.67. The summed E-state index contributed by atoms with van der Waals surface area (Å²) in [5.41, 5.74) is -1.14. The van der Waals surface area contributed by atoms with Gasteiger partial charge in [-0.15, -0.1) is 0 Å². The lowest BCUT2D eigenvalue weighted by molar-refractivity contribution is -0.000733. The Morgan fingerprint density at radius 2 is 2.20 bits per heavy atom. The number of benzene rings is 1. The zero-order valence-corrected chi connectivity index (χ0v) is 12.0. The molecule has 0 amide bonds. The van der Waals surface area contributed by atoms with Crippen molar-refractivity contribution in [3.8, 4) is 6.07 Å². The molecule has 8 heteroatoms. The van der Waals surface area contributed by atoms with Gasteiger partial charge in [0.05, 0.1) is 23.3 Å². The van der Waals surface area contributed by atoms with Crippen LogP contribution in [0.25, 0.3) is 0 Å². The number of hydrogen-bond donors (Lipinski definition) is 2. The summed E-state index contributed by atoms with van der Waals surface area (Å²) in [7, 11) is -3.85. The molecule has 108 valence electrons. The normalized spacial score (nSPS) is 23.7. The number of sulfonamides is 1. The van der Waals surface area contributed by atoms with Gasteiger partial charge in [0.25, 0.3) is 0 Å². The number of halogens is 1.